The molecule has 1 aromatic carbocycles. The Morgan fingerprint density at radius 2 is 1.83 bits per heavy atom. The van der Waals surface area contributed by atoms with E-state index in [1.54, 1.807) is 45.4 Å². The van der Waals surface area contributed by atoms with E-state index >= 15 is 0 Å². The van der Waals surface area contributed by atoms with Crippen molar-refractivity contribution in [1.82, 2.24) is 9.80 Å². The molecule has 1 rings (SSSR count). The second-order valence-corrected chi connectivity index (χ2v) is 5.26. The third kappa shape index (κ3) is 6.25. The fraction of sp³-hybridized carbons (Fsp3) is 0.400. The van der Waals surface area contributed by atoms with Crippen LogP contribution >= 0.6 is 12.4 Å². The number of benzene rings is 1. The Bertz CT molecular complexity index is 578. The molecule has 2 N–H and O–H groups in total. The lowest BCUT2D eigenvalue weighted by molar-refractivity contribution is -0.142. The average molecular weight is 344 g/mol. The molecule has 0 aromatic heterocycles. The monoisotopic (exact) mass is 343 g/mol. The standard InChI is InChI=1S/C15H21N3O4.ClH/c1-10(15(21)22)18(4)9-13(19)16-12-7-5-6-11(8-12)14(20)17(2)3;/h5-8,10H,9H2,1-4H3,(H,16,19)(H,21,22);1H. The molecule has 0 heterocycles. The van der Waals surface area contributed by atoms with Crippen molar-refractivity contribution in [1.29, 1.82) is 0 Å². The van der Waals surface area contributed by atoms with Gasteiger partial charge in [-0.25, -0.2) is 0 Å². The molecule has 23 heavy (non-hydrogen) atoms. The SMILES string of the molecule is CC(C(=O)O)N(C)CC(=O)Nc1cccc(C(=O)N(C)C)c1.Cl. The lowest BCUT2D eigenvalue weighted by Crippen LogP contribution is -2.40. The molecule has 1 aromatic rings. The Morgan fingerprint density at radius 3 is 2.35 bits per heavy atom. The molecular formula is C15H22ClN3O4. The number of carbonyl (C=O) groups is 3. The van der Waals surface area contributed by atoms with Crippen LogP contribution in [0.2, 0.25) is 0 Å². The van der Waals surface area contributed by atoms with Crippen molar-refractivity contribution in [2.45, 2.75) is 13.0 Å². The summed E-state index contributed by atoms with van der Waals surface area (Å²) in [6.07, 6.45) is 0. The zero-order chi connectivity index (χ0) is 16.9. The Morgan fingerprint density at radius 1 is 1.22 bits per heavy atom. The molecule has 0 aliphatic rings. The van der Waals surface area contributed by atoms with Gasteiger partial charge in [-0.1, -0.05) is 6.07 Å². The molecule has 0 fully saturated rings. The van der Waals surface area contributed by atoms with E-state index in [1.807, 2.05) is 0 Å². The van der Waals surface area contributed by atoms with Gasteiger partial charge >= 0.3 is 5.97 Å². The first kappa shape index (κ1) is 20.9. The molecule has 0 aliphatic carbocycles. The van der Waals surface area contributed by atoms with E-state index < -0.39 is 12.0 Å². The molecule has 0 saturated heterocycles. The number of nitrogens with one attached hydrogen (secondary N) is 1. The van der Waals surface area contributed by atoms with Gasteiger partial charge in [0.25, 0.3) is 5.91 Å². The van der Waals surface area contributed by atoms with Crippen LogP contribution in [0.15, 0.2) is 24.3 Å². The minimum absolute atomic E-state index is 0. The number of carboxylic acid groups (broad SMARTS) is 1. The van der Waals surface area contributed by atoms with Gasteiger partial charge in [0.2, 0.25) is 5.91 Å². The summed E-state index contributed by atoms with van der Waals surface area (Å²) in [5, 5.41) is 11.5. The van der Waals surface area contributed by atoms with Crippen molar-refractivity contribution in [2.75, 3.05) is 33.0 Å². The van der Waals surface area contributed by atoms with Crippen molar-refractivity contribution in [3.63, 3.8) is 0 Å². The second kappa shape index (κ2) is 9.12. The van der Waals surface area contributed by atoms with Crippen LogP contribution in [0.4, 0.5) is 5.69 Å². The molecule has 1 unspecified atom stereocenters. The zero-order valence-electron chi connectivity index (χ0n) is 13.6. The van der Waals surface area contributed by atoms with E-state index in [1.165, 1.54) is 16.7 Å². The smallest absolute Gasteiger partial charge is 0.320 e. The first-order valence-electron chi connectivity index (χ1n) is 6.77. The Hall–Kier alpha value is -2.12. The maximum Gasteiger partial charge on any atom is 0.320 e. The first-order valence-corrected chi connectivity index (χ1v) is 6.77. The molecule has 0 saturated carbocycles. The quantitative estimate of drug-likeness (QED) is 0.808. The van der Waals surface area contributed by atoms with Gasteiger partial charge in [-0.2, -0.15) is 0 Å². The number of hydrogen-bond acceptors (Lipinski definition) is 4. The van der Waals surface area contributed by atoms with E-state index in [0.29, 0.717) is 11.3 Å². The summed E-state index contributed by atoms with van der Waals surface area (Å²) >= 11 is 0. The summed E-state index contributed by atoms with van der Waals surface area (Å²) in [7, 11) is 4.86. The third-order valence-corrected chi connectivity index (χ3v) is 3.21. The van der Waals surface area contributed by atoms with E-state index in [2.05, 4.69) is 5.32 Å². The van der Waals surface area contributed by atoms with Crippen LogP contribution in [0.3, 0.4) is 0 Å². The minimum Gasteiger partial charge on any atom is -0.480 e. The lowest BCUT2D eigenvalue weighted by Gasteiger charge is -2.20. The number of anilines is 1. The van der Waals surface area contributed by atoms with Gasteiger partial charge in [-0.3, -0.25) is 19.3 Å². The number of halogens is 1. The number of rotatable bonds is 6. The molecule has 0 spiro atoms. The van der Waals surface area contributed by atoms with Crippen LogP contribution in [-0.2, 0) is 9.59 Å². The largest absolute Gasteiger partial charge is 0.480 e. The number of amides is 2. The molecule has 7 nitrogen and oxygen atoms in total. The summed E-state index contributed by atoms with van der Waals surface area (Å²) in [5.41, 5.74) is 0.962. The topological polar surface area (TPSA) is 90.0 Å². The fourth-order valence-electron chi connectivity index (χ4n) is 1.74. The number of aliphatic carboxylic acids is 1. The van der Waals surface area contributed by atoms with Crippen molar-refractivity contribution < 1.29 is 19.5 Å². The van der Waals surface area contributed by atoms with Crippen molar-refractivity contribution >= 4 is 35.9 Å². The van der Waals surface area contributed by atoms with Crippen molar-refractivity contribution in [3.05, 3.63) is 29.8 Å². The van der Waals surface area contributed by atoms with Gasteiger partial charge in [-0.15, -0.1) is 12.4 Å². The highest BCUT2D eigenvalue weighted by Crippen LogP contribution is 2.12. The lowest BCUT2D eigenvalue weighted by atomic mass is 10.2. The van der Waals surface area contributed by atoms with E-state index in [0.717, 1.165) is 0 Å². The summed E-state index contributed by atoms with van der Waals surface area (Å²) in [6.45, 7) is 1.45. The third-order valence-electron chi connectivity index (χ3n) is 3.21. The normalized spacial score (nSPS) is 11.3. The van der Waals surface area contributed by atoms with Crippen molar-refractivity contribution in [2.24, 2.45) is 0 Å². The number of nitrogens with zero attached hydrogens (tertiary/aromatic N) is 2. The highest BCUT2D eigenvalue weighted by molar-refractivity contribution is 5.97. The second-order valence-electron chi connectivity index (χ2n) is 5.26. The Balaban J connectivity index is 0.00000484. The first-order chi connectivity index (χ1) is 10.2. The molecule has 128 valence electrons. The molecule has 8 heteroatoms. The van der Waals surface area contributed by atoms with E-state index in [-0.39, 0.29) is 30.8 Å². The Kier molecular flexibility index (Phi) is 8.28. The summed E-state index contributed by atoms with van der Waals surface area (Å²) < 4.78 is 0. The predicted molar refractivity (Wildman–Crippen MR) is 90.1 cm³/mol. The maximum absolute atomic E-state index is 11.9. The van der Waals surface area contributed by atoms with E-state index in [4.69, 9.17) is 5.11 Å². The fourth-order valence-corrected chi connectivity index (χ4v) is 1.74. The number of hydrogen-bond donors (Lipinski definition) is 2. The number of carbonyl (C=O) groups excluding carboxylic acids is 2. The van der Waals surface area contributed by atoms with Gasteiger partial charge in [0, 0.05) is 25.3 Å². The van der Waals surface area contributed by atoms with E-state index in [9.17, 15) is 14.4 Å². The van der Waals surface area contributed by atoms with Crippen LogP contribution in [0.25, 0.3) is 0 Å². The summed E-state index contributed by atoms with van der Waals surface area (Å²) in [6, 6.07) is 5.84. The molecular weight excluding hydrogens is 322 g/mol. The molecule has 1 atom stereocenters. The Labute approximate surface area is 141 Å². The highest BCUT2D eigenvalue weighted by Gasteiger charge is 2.19. The van der Waals surface area contributed by atoms with Crippen molar-refractivity contribution in [3.8, 4) is 0 Å². The molecule has 2 amide bonds. The number of carboxylic acids is 1. The van der Waals surface area contributed by atoms with Crippen LogP contribution in [0, 0.1) is 0 Å². The predicted octanol–water partition coefficient (Wildman–Crippen LogP) is 1.15. The molecule has 0 radical (unpaired) electrons. The average Bonchev–Trinajstić information content (AvgIpc) is 2.45. The van der Waals surface area contributed by atoms with Gasteiger partial charge in [0.05, 0.1) is 6.54 Å². The van der Waals surface area contributed by atoms with Crippen LogP contribution in [0.5, 0.6) is 0 Å². The van der Waals surface area contributed by atoms with Crippen LogP contribution in [-0.4, -0.2) is 66.4 Å². The minimum atomic E-state index is -0.992. The maximum atomic E-state index is 11.9. The zero-order valence-corrected chi connectivity index (χ0v) is 14.4. The molecule has 0 bridgehead atoms. The van der Waals surface area contributed by atoms with Crippen LogP contribution < -0.4 is 5.32 Å². The summed E-state index contributed by atoms with van der Waals surface area (Å²) in [4.78, 5) is 37.5. The number of likely N-dealkylation sites (N-methyl/N-ethyl adjacent to an activating group) is 1. The van der Waals surface area contributed by atoms with Gasteiger partial charge in [-0.05, 0) is 32.2 Å². The van der Waals surface area contributed by atoms with Gasteiger partial charge < -0.3 is 15.3 Å². The van der Waals surface area contributed by atoms with Crippen LogP contribution in [0.1, 0.15) is 17.3 Å². The van der Waals surface area contributed by atoms with Gasteiger partial charge in [0.1, 0.15) is 6.04 Å². The molecule has 0 aliphatic heterocycles. The highest BCUT2D eigenvalue weighted by atomic mass is 35.5. The van der Waals surface area contributed by atoms with Gasteiger partial charge in [0.15, 0.2) is 0 Å². The summed E-state index contributed by atoms with van der Waals surface area (Å²) in [5.74, 6) is -1.49.